The SMILES string of the molecule is C=N/C(=C\c1c(C(C)C)ccc(N2C[C@H](CCS(C)(=O)=O)[C@H]2C)c1C)Nc1ccnc(N2CC[C@H](F)[C@H](O)C2)n1. The van der Waals surface area contributed by atoms with Gasteiger partial charge < -0.3 is 20.2 Å². The van der Waals surface area contributed by atoms with Gasteiger partial charge in [0.05, 0.1) is 5.75 Å². The van der Waals surface area contributed by atoms with E-state index in [4.69, 9.17) is 0 Å². The molecular formula is C29H41FN6O3S. The Hall–Kier alpha value is -3.05. The Balaban J connectivity index is 1.57. The van der Waals surface area contributed by atoms with Crippen LogP contribution < -0.4 is 15.1 Å². The van der Waals surface area contributed by atoms with E-state index in [-0.39, 0.29) is 30.7 Å². The Morgan fingerprint density at radius 2 is 2.08 bits per heavy atom. The minimum Gasteiger partial charge on any atom is -0.388 e. The normalized spacial score (nSPS) is 23.8. The third kappa shape index (κ3) is 6.80. The molecule has 0 bridgehead atoms. The van der Waals surface area contributed by atoms with Crippen molar-refractivity contribution >= 4 is 40.1 Å². The van der Waals surface area contributed by atoms with E-state index in [2.05, 4.69) is 71.7 Å². The lowest BCUT2D eigenvalue weighted by molar-refractivity contribution is 0.0640. The molecule has 2 aromatic rings. The molecule has 1 aromatic carbocycles. The number of anilines is 3. The van der Waals surface area contributed by atoms with Crippen LogP contribution >= 0.6 is 0 Å². The van der Waals surface area contributed by atoms with Gasteiger partial charge in [-0.1, -0.05) is 19.9 Å². The van der Waals surface area contributed by atoms with E-state index in [1.165, 1.54) is 11.8 Å². The number of sulfone groups is 1. The summed E-state index contributed by atoms with van der Waals surface area (Å²) in [6, 6.07) is 6.29. The fourth-order valence-electron chi connectivity index (χ4n) is 5.49. The maximum Gasteiger partial charge on any atom is 0.227 e. The van der Waals surface area contributed by atoms with Crippen molar-refractivity contribution < 1.29 is 17.9 Å². The van der Waals surface area contributed by atoms with Crippen molar-refractivity contribution in [2.75, 3.05) is 46.8 Å². The number of hydrogen-bond donors (Lipinski definition) is 2. The molecule has 4 rings (SSSR count). The van der Waals surface area contributed by atoms with E-state index in [9.17, 15) is 17.9 Å². The second-order valence-electron chi connectivity index (χ2n) is 11.3. The third-order valence-corrected chi connectivity index (χ3v) is 9.03. The molecule has 0 amide bonds. The number of alkyl halides is 1. The number of aliphatic hydroxyl groups is 1. The number of aliphatic hydroxyl groups excluding tert-OH is 1. The van der Waals surface area contributed by atoms with Crippen LogP contribution in [0.15, 0.2) is 35.2 Å². The lowest BCUT2D eigenvalue weighted by atomic mass is 9.85. The molecule has 0 radical (unpaired) electrons. The molecule has 0 spiro atoms. The van der Waals surface area contributed by atoms with Gasteiger partial charge in [-0.2, -0.15) is 4.98 Å². The first-order valence-electron chi connectivity index (χ1n) is 13.8. The fraction of sp³-hybridized carbons (Fsp3) is 0.552. The lowest BCUT2D eigenvalue weighted by Gasteiger charge is -2.49. The van der Waals surface area contributed by atoms with Gasteiger partial charge in [-0.05, 0) is 80.1 Å². The Morgan fingerprint density at radius 3 is 2.70 bits per heavy atom. The van der Waals surface area contributed by atoms with E-state index in [0.717, 1.165) is 23.4 Å². The summed E-state index contributed by atoms with van der Waals surface area (Å²) in [7, 11) is -2.97. The molecule has 218 valence electrons. The quantitative estimate of drug-likeness (QED) is 0.408. The van der Waals surface area contributed by atoms with Gasteiger partial charge in [0.1, 0.15) is 33.8 Å². The summed E-state index contributed by atoms with van der Waals surface area (Å²) >= 11 is 0. The van der Waals surface area contributed by atoms with Gasteiger partial charge in [-0.15, -0.1) is 0 Å². The number of benzene rings is 1. The molecule has 9 nitrogen and oxygen atoms in total. The Labute approximate surface area is 237 Å². The summed E-state index contributed by atoms with van der Waals surface area (Å²) in [4.78, 5) is 17.2. The first-order chi connectivity index (χ1) is 18.9. The molecule has 0 saturated carbocycles. The van der Waals surface area contributed by atoms with Gasteiger partial charge in [0.15, 0.2) is 0 Å². The van der Waals surface area contributed by atoms with E-state index in [1.54, 1.807) is 17.2 Å². The average Bonchev–Trinajstić information content (AvgIpc) is 2.90. The molecule has 3 heterocycles. The number of aliphatic imine (C=N–C) groups is 1. The highest BCUT2D eigenvalue weighted by molar-refractivity contribution is 7.90. The molecule has 2 aliphatic heterocycles. The number of halogens is 1. The Kier molecular flexibility index (Phi) is 9.14. The van der Waals surface area contributed by atoms with Crippen LogP contribution in [0.25, 0.3) is 6.08 Å². The van der Waals surface area contributed by atoms with Crippen LogP contribution in [0.4, 0.5) is 21.8 Å². The first-order valence-corrected chi connectivity index (χ1v) is 15.9. The molecule has 0 unspecified atom stereocenters. The summed E-state index contributed by atoms with van der Waals surface area (Å²) in [5, 5.41) is 13.2. The van der Waals surface area contributed by atoms with E-state index in [1.807, 2.05) is 6.08 Å². The van der Waals surface area contributed by atoms with Crippen LogP contribution in [0, 0.1) is 12.8 Å². The lowest BCUT2D eigenvalue weighted by Crippen LogP contribution is -2.55. The minimum atomic E-state index is -2.97. The van der Waals surface area contributed by atoms with Crippen LogP contribution in [0.3, 0.4) is 0 Å². The van der Waals surface area contributed by atoms with Crippen molar-refractivity contribution in [1.82, 2.24) is 9.97 Å². The molecule has 2 aliphatic rings. The molecule has 40 heavy (non-hydrogen) atoms. The highest BCUT2D eigenvalue weighted by Crippen LogP contribution is 2.39. The van der Waals surface area contributed by atoms with Gasteiger partial charge in [0.2, 0.25) is 5.95 Å². The summed E-state index contributed by atoms with van der Waals surface area (Å²) < 4.78 is 37.0. The number of nitrogens with zero attached hydrogens (tertiary/aromatic N) is 5. The highest BCUT2D eigenvalue weighted by atomic mass is 32.2. The van der Waals surface area contributed by atoms with Crippen LogP contribution in [-0.2, 0) is 9.84 Å². The Morgan fingerprint density at radius 1 is 1.32 bits per heavy atom. The van der Waals surface area contributed by atoms with Gasteiger partial charge in [-0.3, -0.25) is 0 Å². The second-order valence-corrected chi connectivity index (χ2v) is 13.6. The van der Waals surface area contributed by atoms with Crippen LogP contribution in [-0.4, -0.2) is 80.2 Å². The third-order valence-electron chi connectivity index (χ3n) is 8.05. The molecule has 0 aliphatic carbocycles. The van der Waals surface area contributed by atoms with Gasteiger partial charge in [0, 0.05) is 43.8 Å². The highest BCUT2D eigenvalue weighted by Gasteiger charge is 2.36. The first kappa shape index (κ1) is 29.9. The zero-order valence-electron chi connectivity index (χ0n) is 24.0. The number of β-amino-alcohol motifs (C(OH)–C–C–N with tert-alkyl or cyclic N) is 1. The molecule has 2 N–H and O–H groups in total. The van der Waals surface area contributed by atoms with Crippen molar-refractivity contribution in [3.8, 4) is 0 Å². The van der Waals surface area contributed by atoms with Crippen molar-refractivity contribution in [3.05, 3.63) is 46.9 Å². The zero-order chi connectivity index (χ0) is 29.2. The van der Waals surface area contributed by atoms with E-state index < -0.39 is 22.1 Å². The molecule has 4 atom stereocenters. The predicted molar refractivity (Wildman–Crippen MR) is 161 cm³/mol. The van der Waals surface area contributed by atoms with Crippen LogP contribution in [0.5, 0.6) is 0 Å². The fourth-order valence-corrected chi connectivity index (χ4v) is 6.22. The van der Waals surface area contributed by atoms with Gasteiger partial charge >= 0.3 is 0 Å². The number of piperidine rings is 1. The number of rotatable bonds is 10. The average molecular weight is 573 g/mol. The van der Waals surface area contributed by atoms with E-state index in [0.29, 0.717) is 36.5 Å². The smallest absolute Gasteiger partial charge is 0.227 e. The largest absolute Gasteiger partial charge is 0.388 e. The molecule has 1 aromatic heterocycles. The zero-order valence-corrected chi connectivity index (χ0v) is 24.8. The maximum atomic E-state index is 13.7. The van der Waals surface area contributed by atoms with Crippen LogP contribution in [0.1, 0.15) is 56.2 Å². The number of hydrogen-bond acceptors (Lipinski definition) is 9. The predicted octanol–water partition coefficient (Wildman–Crippen LogP) is 4.19. The number of nitrogens with one attached hydrogen (secondary N) is 1. The van der Waals surface area contributed by atoms with Crippen molar-refractivity contribution in [2.24, 2.45) is 10.9 Å². The standard InChI is InChI=1S/C29H41FN6O3S/c1-18(2)22-7-8-25(36-16-21(20(36)4)11-14-40(6,38)39)19(3)23(22)15-28(31-5)33-27-9-12-32-29(34-27)35-13-10-24(30)26(37)17-35/h7-9,12,15,18,20-21,24,26,37H,5,10-11,13-14,16-17H2,1-4,6H3,(H,32,33,34)/b28-15+/t20-,21+,24+,26-/m1/s1. The summed E-state index contributed by atoms with van der Waals surface area (Å²) in [6.07, 6.45) is 3.50. The molecule has 2 saturated heterocycles. The number of aromatic nitrogens is 2. The second kappa shape index (κ2) is 12.2. The van der Waals surface area contributed by atoms with Crippen molar-refractivity contribution in [2.45, 2.75) is 64.8 Å². The minimum absolute atomic E-state index is 0.140. The summed E-state index contributed by atoms with van der Waals surface area (Å²) in [6.45, 7) is 13.7. The topological polar surface area (TPSA) is 111 Å². The Bertz CT molecular complexity index is 1370. The van der Waals surface area contributed by atoms with Crippen LogP contribution in [0.2, 0.25) is 0 Å². The summed E-state index contributed by atoms with van der Waals surface area (Å²) in [5.74, 6) is 2.29. The monoisotopic (exact) mass is 572 g/mol. The van der Waals surface area contributed by atoms with Gasteiger partial charge in [0.25, 0.3) is 0 Å². The molecule has 11 heteroatoms. The molecular weight excluding hydrogens is 531 g/mol. The van der Waals surface area contributed by atoms with Gasteiger partial charge in [-0.25, -0.2) is 22.8 Å². The van der Waals surface area contributed by atoms with E-state index >= 15 is 0 Å². The summed E-state index contributed by atoms with van der Waals surface area (Å²) in [5.41, 5.74) is 4.48. The molecule has 2 fully saturated rings. The van der Waals surface area contributed by atoms with Crippen molar-refractivity contribution in [1.29, 1.82) is 0 Å². The maximum absolute atomic E-state index is 13.7. The van der Waals surface area contributed by atoms with Crippen molar-refractivity contribution in [3.63, 3.8) is 0 Å².